The number of rotatable bonds is 14. The van der Waals surface area contributed by atoms with Crippen LogP contribution < -0.4 is 5.32 Å². The van der Waals surface area contributed by atoms with Gasteiger partial charge in [-0.15, -0.1) is 12.6 Å². The van der Waals surface area contributed by atoms with Crippen molar-refractivity contribution in [1.82, 2.24) is 15.1 Å². The van der Waals surface area contributed by atoms with Crippen molar-refractivity contribution in [3.63, 3.8) is 0 Å². The second-order valence-corrected chi connectivity index (χ2v) is 10.5. The Morgan fingerprint density at radius 3 is 2.14 bits per heavy atom. The Balaban J connectivity index is 1.55. The molecule has 1 amide bonds. The van der Waals surface area contributed by atoms with Crippen LogP contribution in [0.4, 0.5) is 0 Å². The third-order valence-electron chi connectivity index (χ3n) is 6.82. The molecule has 5 heteroatoms. The van der Waals surface area contributed by atoms with Gasteiger partial charge in [-0.05, 0) is 91.4 Å². The predicted octanol–water partition coefficient (Wildman–Crippen LogP) is 6.52. The largest absolute Gasteiger partial charge is 0.349 e. The first kappa shape index (κ1) is 29.4. The smallest absolute Gasteiger partial charge is 0.252 e. The third-order valence-corrected chi connectivity index (χ3v) is 7.21. The Bertz CT molecular complexity index is 866. The van der Waals surface area contributed by atoms with Crippen molar-refractivity contribution in [1.29, 1.82) is 0 Å². The Kier molecular flexibility index (Phi) is 14.1. The average molecular weight is 498 g/mol. The van der Waals surface area contributed by atoms with Crippen LogP contribution in [-0.4, -0.2) is 62.0 Å². The zero-order chi connectivity index (χ0) is 25.5. The minimum Gasteiger partial charge on any atom is -0.349 e. The highest BCUT2D eigenvalue weighted by Gasteiger charge is 2.12. The van der Waals surface area contributed by atoms with Gasteiger partial charge < -0.3 is 15.1 Å². The molecule has 0 radical (unpaired) electrons. The maximum Gasteiger partial charge on any atom is 0.252 e. The lowest BCUT2D eigenvalue weighted by molar-refractivity contribution is 0.0955. The summed E-state index contributed by atoms with van der Waals surface area (Å²) in [6.07, 6.45) is 15.1. The van der Waals surface area contributed by atoms with Gasteiger partial charge in [-0.2, -0.15) is 0 Å². The number of hydrogen-bond acceptors (Lipinski definition) is 4. The zero-order valence-corrected chi connectivity index (χ0v) is 23.4. The Morgan fingerprint density at radius 1 is 0.886 bits per heavy atom. The minimum absolute atomic E-state index is 0.0752. The van der Waals surface area contributed by atoms with Crippen molar-refractivity contribution in [3.8, 4) is 0 Å². The van der Waals surface area contributed by atoms with Gasteiger partial charge in [0, 0.05) is 37.6 Å². The van der Waals surface area contributed by atoms with Gasteiger partial charge in [0.15, 0.2) is 0 Å². The van der Waals surface area contributed by atoms with Crippen molar-refractivity contribution in [2.24, 2.45) is 0 Å². The number of nitrogens with zero attached hydrogens (tertiary/aromatic N) is 2. The van der Waals surface area contributed by atoms with Gasteiger partial charge >= 0.3 is 0 Å². The fourth-order valence-corrected chi connectivity index (χ4v) is 4.55. The number of hydrogen-bond donors (Lipinski definition) is 2. The summed E-state index contributed by atoms with van der Waals surface area (Å²) in [5, 5.41) is 2.95. The lowest BCUT2D eigenvalue weighted by Crippen LogP contribution is -2.44. The van der Waals surface area contributed by atoms with E-state index in [4.69, 9.17) is 0 Å². The maximum absolute atomic E-state index is 12.2. The molecule has 1 aliphatic heterocycles. The zero-order valence-electron chi connectivity index (χ0n) is 22.5. The summed E-state index contributed by atoms with van der Waals surface area (Å²) in [5.74, 6) is -0.0752. The lowest BCUT2D eigenvalue weighted by Gasteiger charge is -2.32. The second-order valence-electron chi connectivity index (χ2n) is 10.1. The van der Waals surface area contributed by atoms with Gasteiger partial charge in [0.1, 0.15) is 0 Å². The number of carbonyl (C=O) groups excluding carboxylic acids is 1. The van der Waals surface area contributed by atoms with E-state index in [0.717, 1.165) is 25.7 Å². The molecule has 0 spiro atoms. The van der Waals surface area contributed by atoms with Crippen molar-refractivity contribution >= 4 is 18.5 Å². The molecule has 0 saturated carbocycles. The summed E-state index contributed by atoms with van der Waals surface area (Å²) in [6.45, 7) is 13.4. The number of likely N-dealkylation sites (N-methyl/N-ethyl adjacent to an activating group) is 1. The molecular formula is C30H47N3OS. The normalized spacial score (nSPS) is 16.5. The number of carbonyl (C=O) groups is 1. The molecule has 4 nitrogen and oxygen atoms in total. The molecule has 1 N–H and O–H groups in total. The summed E-state index contributed by atoms with van der Waals surface area (Å²) >= 11 is 4.35. The van der Waals surface area contributed by atoms with Gasteiger partial charge in [-0.3, -0.25) is 4.79 Å². The second kappa shape index (κ2) is 16.8. The first-order chi connectivity index (χ1) is 16.8. The highest BCUT2D eigenvalue weighted by Crippen LogP contribution is 2.15. The van der Waals surface area contributed by atoms with Crippen LogP contribution in [0.3, 0.4) is 0 Å². The van der Waals surface area contributed by atoms with Gasteiger partial charge in [0.2, 0.25) is 0 Å². The van der Waals surface area contributed by atoms with Crippen LogP contribution in [0.5, 0.6) is 0 Å². The van der Waals surface area contributed by atoms with Gasteiger partial charge in [-0.25, -0.2) is 0 Å². The van der Waals surface area contributed by atoms with Crippen molar-refractivity contribution < 1.29 is 4.79 Å². The molecule has 1 heterocycles. The Hall–Kier alpha value is -1.82. The van der Waals surface area contributed by atoms with Crippen molar-refractivity contribution in [2.45, 2.75) is 70.6 Å². The van der Waals surface area contributed by atoms with E-state index in [1.54, 1.807) is 6.07 Å². The fraction of sp³-hybridized carbons (Fsp3) is 0.567. The first-order valence-electron chi connectivity index (χ1n) is 13.3. The summed E-state index contributed by atoms with van der Waals surface area (Å²) in [7, 11) is 2.22. The van der Waals surface area contributed by atoms with Crippen molar-refractivity contribution in [3.05, 3.63) is 64.8 Å². The molecule has 1 aromatic carbocycles. The summed E-state index contributed by atoms with van der Waals surface area (Å²) in [4.78, 5) is 18.0. The molecule has 0 atom stereocenters. The summed E-state index contributed by atoms with van der Waals surface area (Å²) in [6, 6.07) is 7.38. The highest BCUT2D eigenvalue weighted by atomic mass is 32.1. The van der Waals surface area contributed by atoms with Crippen LogP contribution in [0.1, 0.15) is 76.1 Å². The predicted molar refractivity (Wildman–Crippen MR) is 154 cm³/mol. The lowest BCUT2D eigenvalue weighted by atomic mass is 10.0. The number of amides is 1. The highest BCUT2D eigenvalue weighted by molar-refractivity contribution is 7.80. The van der Waals surface area contributed by atoms with E-state index in [2.05, 4.69) is 73.8 Å². The molecule has 1 fully saturated rings. The first-order valence-corrected chi connectivity index (χ1v) is 13.7. The number of piperazine rings is 1. The summed E-state index contributed by atoms with van der Waals surface area (Å²) in [5.41, 5.74) is 4.93. The fourth-order valence-electron chi connectivity index (χ4n) is 4.29. The van der Waals surface area contributed by atoms with Gasteiger partial charge in [0.05, 0.1) is 5.56 Å². The minimum atomic E-state index is -0.0752. The molecule has 1 aromatic rings. The molecule has 35 heavy (non-hydrogen) atoms. The van der Waals surface area contributed by atoms with E-state index in [1.807, 2.05) is 18.2 Å². The maximum atomic E-state index is 12.2. The quantitative estimate of drug-likeness (QED) is 0.174. The molecule has 2 rings (SSSR count). The SMILES string of the molecule is CC(=CCCC(C)=CCNC(=O)c1ccccc1S)CCC=C(C)CCCCN1CCN(C)CC1. The van der Waals surface area contributed by atoms with Crippen LogP contribution in [0.2, 0.25) is 0 Å². The number of allylic oxidation sites excluding steroid dienone is 5. The molecule has 0 aromatic heterocycles. The number of thiol groups is 1. The van der Waals surface area contributed by atoms with Crippen molar-refractivity contribution in [2.75, 3.05) is 46.3 Å². The van der Waals surface area contributed by atoms with E-state index in [-0.39, 0.29) is 5.91 Å². The van der Waals surface area contributed by atoms with Crippen LogP contribution in [-0.2, 0) is 0 Å². The monoisotopic (exact) mass is 497 g/mol. The van der Waals surface area contributed by atoms with Gasteiger partial charge in [-0.1, -0.05) is 47.1 Å². The topological polar surface area (TPSA) is 35.6 Å². The Labute approximate surface area is 220 Å². The number of unbranched alkanes of at least 4 members (excludes halogenated alkanes) is 1. The van der Waals surface area contributed by atoms with E-state index >= 15 is 0 Å². The van der Waals surface area contributed by atoms with E-state index in [1.165, 1.54) is 68.7 Å². The van der Waals surface area contributed by atoms with Gasteiger partial charge in [0.25, 0.3) is 5.91 Å². The standard InChI is InChI=1S/C30H47N3OS/c1-25(11-7-8-20-33-23-21-32(4)22-24-33)12-9-13-26(2)14-10-15-27(3)18-19-31-30(34)28-16-5-6-17-29(28)35/h5-6,12,14,16-18,35H,7-11,13,15,19-24H2,1-4H3,(H,31,34). The van der Waals surface area contributed by atoms with Crippen LogP contribution in [0.25, 0.3) is 0 Å². The molecule has 0 unspecified atom stereocenters. The number of nitrogens with one attached hydrogen (secondary N) is 1. The van der Waals surface area contributed by atoms with E-state index in [9.17, 15) is 4.79 Å². The third kappa shape index (κ3) is 12.6. The van der Waals surface area contributed by atoms with Crippen LogP contribution in [0.15, 0.2) is 64.1 Å². The molecule has 194 valence electrons. The average Bonchev–Trinajstić information content (AvgIpc) is 2.83. The van der Waals surface area contributed by atoms with Crippen LogP contribution >= 0.6 is 12.6 Å². The molecule has 1 saturated heterocycles. The molecular weight excluding hydrogens is 450 g/mol. The molecule has 0 bridgehead atoms. The summed E-state index contributed by atoms with van der Waals surface area (Å²) < 4.78 is 0. The Morgan fingerprint density at radius 2 is 1.49 bits per heavy atom. The molecule has 1 aliphatic rings. The van der Waals surface area contributed by atoms with Crippen LogP contribution in [0, 0.1) is 0 Å². The number of benzene rings is 1. The van der Waals surface area contributed by atoms with E-state index < -0.39 is 0 Å². The van der Waals surface area contributed by atoms with E-state index in [0.29, 0.717) is 17.0 Å². The molecule has 0 aliphatic carbocycles.